The van der Waals surface area contributed by atoms with Gasteiger partial charge in [0.25, 0.3) is 5.91 Å². The van der Waals surface area contributed by atoms with E-state index in [1.165, 1.54) is 12.8 Å². The van der Waals surface area contributed by atoms with Gasteiger partial charge < -0.3 is 10.6 Å². The maximum atomic E-state index is 12.2. The first-order valence-electron chi connectivity index (χ1n) is 7.18. The van der Waals surface area contributed by atoms with Gasteiger partial charge in [0, 0.05) is 24.2 Å². The van der Waals surface area contributed by atoms with Gasteiger partial charge in [0.1, 0.15) is 0 Å². The van der Waals surface area contributed by atoms with Crippen molar-refractivity contribution in [3.05, 3.63) is 34.9 Å². The highest BCUT2D eigenvalue weighted by atomic mass is 16.1. The number of aryl methyl sites for hydroxylation is 1. The number of carbonyl (C=O) groups is 1. The summed E-state index contributed by atoms with van der Waals surface area (Å²) in [5.41, 5.74) is 3.03. The average molecular weight is 260 g/mol. The minimum absolute atomic E-state index is 0.0428. The van der Waals surface area contributed by atoms with Gasteiger partial charge >= 0.3 is 0 Å². The van der Waals surface area contributed by atoms with E-state index in [1.54, 1.807) is 0 Å². The van der Waals surface area contributed by atoms with Crippen molar-refractivity contribution in [1.82, 2.24) is 10.6 Å². The fraction of sp³-hybridized carbons (Fsp3) is 0.562. The first-order valence-corrected chi connectivity index (χ1v) is 7.18. The molecule has 0 spiro atoms. The minimum atomic E-state index is 0.0428. The molecule has 1 aromatic rings. The molecule has 3 nitrogen and oxygen atoms in total. The lowest BCUT2D eigenvalue weighted by molar-refractivity contribution is 0.0945. The Hall–Kier alpha value is -1.35. The molecule has 0 saturated carbocycles. The van der Waals surface area contributed by atoms with Crippen LogP contribution >= 0.6 is 0 Å². The molecule has 2 N–H and O–H groups in total. The molecule has 1 aliphatic rings. The van der Waals surface area contributed by atoms with E-state index < -0.39 is 0 Å². The van der Waals surface area contributed by atoms with Crippen molar-refractivity contribution < 1.29 is 4.79 Å². The molecule has 0 radical (unpaired) electrons. The summed E-state index contributed by atoms with van der Waals surface area (Å²) < 4.78 is 0. The molecule has 0 aromatic heterocycles. The Balaban J connectivity index is 1.92. The van der Waals surface area contributed by atoms with Crippen LogP contribution < -0.4 is 10.6 Å². The van der Waals surface area contributed by atoms with Gasteiger partial charge in [-0.1, -0.05) is 18.6 Å². The van der Waals surface area contributed by atoms with Gasteiger partial charge in [-0.05, 0) is 50.8 Å². The quantitative estimate of drug-likeness (QED) is 0.877. The van der Waals surface area contributed by atoms with E-state index in [1.807, 2.05) is 32.0 Å². The van der Waals surface area contributed by atoms with Gasteiger partial charge in [-0.15, -0.1) is 0 Å². The molecule has 19 heavy (non-hydrogen) atoms. The maximum Gasteiger partial charge on any atom is 0.251 e. The molecule has 1 aromatic carbocycles. The fourth-order valence-electron chi connectivity index (χ4n) is 2.71. The molecule has 2 unspecified atom stereocenters. The highest BCUT2D eigenvalue weighted by Gasteiger charge is 2.18. The zero-order valence-electron chi connectivity index (χ0n) is 12.1. The van der Waals surface area contributed by atoms with Crippen LogP contribution in [-0.2, 0) is 0 Å². The van der Waals surface area contributed by atoms with E-state index in [2.05, 4.69) is 17.6 Å². The molecule has 1 aliphatic heterocycles. The van der Waals surface area contributed by atoms with Crippen LogP contribution in [0.1, 0.15) is 47.7 Å². The molecule has 0 bridgehead atoms. The Bertz CT molecular complexity index is 456. The van der Waals surface area contributed by atoms with Crippen molar-refractivity contribution >= 4 is 5.91 Å². The third-order valence-corrected chi connectivity index (χ3v) is 4.07. The Labute approximate surface area is 115 Å². The van der Waals surface area contributed by atoms with Crippen LogP contribution in [0.2, 0.25) is 0 Å². The number of benzene rings is 1. The number of nitrogens with one attached hydrogen (secondary N) is 2. The minimum Gasteiger partial charge on any atom is -0.350 e. The van der Waals surface area contributed by atoms with Crippen molar-refractivity contribution in [1.29, 1.82) is 0 Å². The first-order chi connectivity index (χ1) is 9.08. The molecule has 0 aliphatic carbocycles. The first kappa shape index (κ1) is 14.1. The standard InChI is InChI=1S/C16H24N2O/c1-11-6-4-9-15(13(11)3)16(19)17-10-14-8-5-7-12(2)18-14/h4,6,9,12,14,18H,5,7-8,10H2,1-3H3,(H,17,19). The van der Waals surface area contributed by atoms with Crippen LogP contribution in [0.5, 0.6) is 0 Å². The summed E-state index contributed by atoms with van der Waals surface area (Å²) in [5.74, 6) is 0.0428. The molecular formula is C16H24N2O. The summed E-state index contributed by atoms with van der Waals surface area (Å²) in [5, 5.41) is 6.59. The van der Waals surface area contributed by atoms with Gasteiger partial charge in [0.05, 0.1) is 0 Å². The summed E-state index contributed by atoms with van der Waals surface area (Å²) in [4.78, 5) is 12.2. The highest BCUT2D eigenvalue weighted by molar-refractivity contribution is 5.95. The monoisotopic (exact) mass is 260 g/mol. The second kappa shape index (κ2) is 6.20. The highest BCUT2D eigenvalue weighted by Crippen LogP contribution is 2.14. The van der Waals surface area contributed by atoms with Crippen LogP contribution in [0.3, 0.4) is 0 Å². The predicted molar refractivity (Wildman–Crippen MR) is 78.5 cm³/mol. The molecular weight excluding hydrogens is 236 g/mol. The maximum absolute atomic E-state index is 12.2. The number of hydrogen-bond donors (Lipinski definition) is 2. The van der Waals surface area contributed by atoms with Crippen LogP contribution in [0.15, 0.2) is 18.2 Å². The Morgan fingerprint density at radius 3 is 2.89 bits per heavy atom. The molecule has 1 heterocycles. The summed E-state index contributed by atoms with van der Waals surface area (Å²) >= 11 is 0. The summed E-state index contributed by atoms with van der Waals surface area (Å²) in [6.07, 6.45) is 3.64. The molecule has 1 fully saturated rings. The molecule has 2 rings (SSSR count). The van der Waals surface area contributed by atoms with E-state index >= 15 is 0 Å². The molecule has 3 heteroatoms. The fourth-order valence-corrected chi connectivity index (χ4v) is 2.71. The molecule has 2 atom stereocenters. The average Bonchev–Trinajstić information content (AvgIpc) is 2.39. The van der Waals surface area contributed by atoms with Crippen molar-refractivity contribution in [3.8, 4) is 0 Å². The Morgan fingerprint density at radius 2 is 2.16 bits per heavy atom. The lowest BCUT2D eigenvalue weighted by Gasteiger charge is -2.29. The zero-order valence-corrected chi connectivity index (χ0v) is 12.1. The predicted octanol–water partition coefficient (Wildman–Crippen LogP) is 2.56. The number of carbonyl (C=O) groups excluding carboxylic acids is 1. The topological polar surface area (TPSA) is 41.1 Å². The number of rotatable bonds is 3. The normalized spacial score (nSPS) is 23.1. The van der Waals surface area contributed by atoms with E-state index in [0.717, 1.165) is 29.7 Å². The van der Waals surface area contributed by atoms with E-state index in [0.29, 0.717) is 12.1 Å². The number of piperidine rings is 1. The van der Waals surface area contributed by atoms with E-state index in [-0.39, 0.29) is 5.91 Å². The van der Waals surface area contributed by atoms with Gasteiger partial charge in [0.2, 0.25) is 0 Å². The molecule has 104 valence electrons. The van der Waals surface area contributed by atoms with Gasteiger partial charge in [-0.2, -0.15) is 0 Å². The van der Waals surface area contributed by atoms with Crippen LogP contribution in [-0.4, -0.2) is 24.5 Å². The summed E-state index contributed by atoms with van der Waals surface area (Å²) in [7, 11) is 0. The summed E-state index contributed by atoms with van der Waals surface area (Å²) in [6, 6.07) is 6.86. The van der Waals surface area contributed by atoms with Crippen molar-refractivity contribution in [2.24, 2.45) is 0 Å². The third kappa shape index (κ3) is 3.57. The van der Waals surface area contributed by atoms with Crippen LogP contribution in [0.4, 0.5) is 0 Å². The van der Waals surface area contributed by atoms with Gasteiger partial charge in [-0.3, -0.25) is 4.79 Å². The Kier molecular flexibility index (Phi) is 4.59. The van der Waals surface area contributed by atoms with Gasteiger partial charge in [-0.25, -0.2) is 0 Å². The zero-order chi connectivity index (χ0) is 13.8. The second-order valence-corrected chi connectivity index (χ2v) is 5.65. The lowest BCUT2D eigenvalue weighted by Crippen LogP contribution is -2.47. The van der Waals surface area contributed by atoms with Crippen molar-refractivity contribution in [2.45, 2.75) is 52.1 Å². The third-order valence-electron chi connectivity index (χ3n) is 4.07. The smallest absolute Gasteiger partial charge is 0.251 e. The molecule has 1 amide bonds. The second-order valence-electron chi connectivity index (χ2n) is 5.65. The molecule has 1 saturated heterocycles. The number of hydrogen-bond acceptors (Lipinski definition) is 2. The SMILES string of the molecule is Cc1cccc(C(=O)NCC2CCCC(C)N2)c1C. The lowest BCUT2D eigenvalue weighted by atomic mass is 9.99. The largest absolute Gasteiger partial charge is 0.350 e. The Morgan fingerprint density at radius 1 is 1.37 bits per heavy atom. The summed E-state index contributed by atoms with van der Waals surface area (Å²) in [6.45, 7) is 6.97. The van der Waals surface area contributed by atoms with E-state index in [4.69, 9.17) is 0 Å². The number of amides is 1. The van der Waals surface area contributed by atoms with Crippen LogP contribution in [0, 0.1) is 13.8 Å². The van der Waals surface area contributed by atoms with E-state index in [9.17, 15) is 4.79 Å². The van der Waals surface area contributed by atoms with Crippen molar-refractivity contribution in [2.75, 3.05) is 6.54 Å². The van der Waals surface area contributed by atoms with Gasteiger partial charge in [0.15, 0.2) is 0 Å². The van der Waals surface area contributed by atoms with Crippen LogP contribution in [0.25, 0.3) is 0 Å². The van der Waals surface area contributed by atoms with Crippen molar-refractivity contribution in [3.63, 3.8) is 0 Å².